The third kappa shape index (κ3) is 3.61. The van der Waals surface area contributed by atoms with Crippen molar-refractivity contribution in [2.45, 2.75) is 30.3 Å². The predicted octanol–water partition coefficient (Wildman–Crippen LogP) is 3.85. The first kappa shape index (κ1) is 17.8. The molecule has 0 N–H and O–H groups in total. The largest absolute Gasteiger partial charge is 0.496 e. The number of rotatable bonds is 5. The van der Waals surface area contributed by atoms with Crippen LogP contribution >= 0.6 is 11.8 Å². The Labute approximate surface area is 159 Å². The van der Waals surface area contributed by atoms with Crippen molar-refractivity contribution in [3.63, 3.8) is 0 Å². The van der Waals surface area contributed by atoms with Crippen LogP contribution in [0.3, 0.4) is 0 Å². The van der Waals surface area contributed by atoms with E-state index in [0.29, 0.717) is 17.9 Å². The number of piperidine rings is 1. The number of hydroxylamine groups is 2. The van der Waals surface area contributed by atoms with Crippen LogP contribution in [-0.2, 0) is 17.7 Å². The first-order valence-electron chi connectivity index (χ1n) is 9.27. The molecule has 1 saturated heterocycles. The summed E-state index contributed by atoms with van der Waals surface area (Å²) < 4.78 is 5.62. The van der Waals surface area contributed by atoms with Gasteiger partial charge >= 0.3 is 0 Å². The average molecular weight is 371 g/mol. The lowest BCUT2D eigenvalue weighted by Gasteiger charge is -2.46. The third-order valence-electron chi connectivity index (χ3n) is 5.67. The maximum Gasteiger partial charge on any atom is 0.122 e. The Morgan fingerprint density at radius 2 is 2.08 bits per heavy atom. The molecule has 1 aliphatic carbocycles. The second-order valence-corrected chi connectivity index (χ2v) is 8.24. The maximum atomic E-state index is 5.79. The first-order chi connectivity index (χ1) is 12.8. The van der Waals surface area contributed by atoms with Crippen LogP contribution in [-0.4, -0.2) is 42.6 Å². The predicted molar refractivity (Wildman–Crippen MR) is 104 cm³/mol. The smallest absolute Gasteiger partial charge is 0.122 e. The Balaban J connectivity index is 1.49. The number of fused-ring (bicyclic) bond motifs is 2. The van der Waals surface area contributed by atoms with Gasteiger partial charge in [-0.2, -0.15) is 5.06 Å². The molecule has 5 heteroatoms. The summed E-state index contributed by atoms with van der Waals surface area (Å²) in [6, 6.07) is 13.0. The van der Waals surface area contributed by atoms with Crippen LogP contribution in [0.15, 0.2) is 47.6 Å². The minimum atomic E-state index is 0.468. The molecule has 0 radical (unpaired) electrons. The fourth-order valence-corrected chi connectivity index (χ4v) is 5.41. The van der Waals surface area contributed by atoms with E-state index in [2.05, 4.69) is 40.4 Å². The topological polar surface area (TPSA) is 34.6 Å². The van der Waals surface area contributed by atoms with Crippen LogP contribution in [0.25, 0.3) is 0 Å². The first-order valence-corrected chi connectivity index (χ1v) is 10.3. The monoisotopic (exact) mass is 370 g/mol. The van der Waals surface area contributed by atoms with Gasteiger partial charge in [-0.05, 0) is 60.4 Å². The zero-order valence-corrected chi connectivity index (χ0v) is 16.2. The molecule has 0 unspecified atom stereocenters. The second kappa shape index (κ2) is 7.99. The molecule has 1 aromatic carbocycles. The van der Waals surface area contributed by atoms with E-state index in [1.807, 2.05) is 31.1 Å². The number of methoxy groups -OCH3 is 1. The van der Waals surface area contributed by atoms with Gasteiger partial charge in [0.2, 0.25) is 0 Å². The standard InChI is InChI=1S/C21H26N2O2S/c1-24-20-7-5-6-16-12-19-17(11-18(16)20)10-15(13-23(19)25-2)14-26-21-8-3-4-9-22-21/h3-9,15,17,19H,10-14H2,1-2H3/t15-,17-,19-/m0/s1. The van der Waals surface area contributed by atoms with Crippen molar-refractivity contribution in [2.75, 3.05) is 26.5 Å². The molecule has 1 aliphatic heterocycles. The summed E-state index contributed by atoms with van der Waals surface area (Å²) in [4.78, 5) is 10.2. The van der Waals surface area contributed by atoms with E-state index in [0.717, 1.165) is 35.9 Å². The molecule has 26 heavy (non-hydrogen) atoms. The Kier molecular flexibility index (Phi) is 5.48. The molecule has 0 saturated carbocycles. The third-order valence-corrected chi connectivity index (χ3v) is 6.85. The molecule has 4 rings (SSSR count). The van der Waals surface area contributed by atoms with Crippen molar-refractivity contribution in [1.29, 1.82) is 0 Å². The Morgan fingerprint density at radius 1 is 1.15 bits per heavy atom. The van der Waals surface area contributed by atoms with Gasteiger partial charge in [0.15, 0.2) is 0 Å². The molecule has 0 bridgehead atoms. The van der Waals surface area contributed by atoms with E-state index in [1.165, 1.54) is 17.5 Å². The van der Waals surface area contributed by atoms with Gasteiger partial charge in [-0.1, -0.05) is 18.2 Å². The minimum absolute atomic E-state index is 0.468. The van der Waals surface area contributed by atoms with Gasteiger partial charge in [0.25, 0.3) is 0 Å². The van der Waals surface area contributed by atoms with Gasteiger partial charge in [-0.3, -0.25) is 0 Å². The number of aromatic nitrogens is 1. The van der Waals surface area contributed by atoms with Gasteiger partial charge in [0, 0.05) is 24.5 Å². The number of pyridine rings is 1. The summed E-state index contributed by atoms with van der Waals surface area (Å²) in [6.45, 7) is 0.997. The highest BCUT2D eigenvalue weighted by Gasteiger charge is 2.40. The van der Waals surface area contributed by atoms with Crippen LogP contribution in [0.1, 0.15) is 17.5 Å². The van der Waals surface area contributed by atoms with E-state index in [9.17, 15) is 0 Å². The lowest BCUT2D eigenvalue weighted by atomic mass is 9.73. The average Bonchev–Trinajstić information content (AvgIpc) is 2.70. The van der Waals surface area contributed by atoms with E-state index in [4.69, 9.17) is 9.57 Å². The van der Waals surface area contributed by atoms with Crippen molar-refractivity contribution >= 4 is 11.8 Å². The van der Waals surface area contributed by atoms with E-state index in [1.54, 1.807) is 7.11 Å². The van der Waals surface area contributed by atoms with Gasteiger partial charge in [-0.25, -0.2) is 4.98 Å². The summed E-state index contributed by atoms with van der Waals surface area (Å²) in [5.74, 6) is 3.34. The van der Waals surface area contributed by atoms with Crippen LogP contribution < -0.4 is 4.74 Å². The van der Waals surface area contributed by atoms with Gasteiger partial charge in [0.1, 0.15) is 5.75 Å². The molecule has 138 valence electrons. The summed E-state index contributed by atoms with van der Waals surface area (Å²) >= 11 is 1.85. The number of hydrogen-bond donors (Lipinski definition) is 0. The Bertz CT molecular complexity index is 740. The highest BCUT2D eigenvalue weighted by molar-refractivity contribution is 7.99. The fraction of sp³-hybridized carbons (Fsp3) is 0.476. The highest BCUT2D eigenvalue weighted by atomic mass is 32.2. The van der Waals surface area contributed by atoms with Gasteiger partial charge in [-0.15, -0.1) is 11.8 Å². The molecule has 2 aliphatic rings. The molecule has 1 fully saturated rings. The molecule has 2 aromatic rings. The number of nitrogens with zero attached hydrogens (tertiary/aromatic N) is 2. The Morgan fingerprint density at radius 3 is 2.85 bits per heavy atom. The van der Waals surface area contributed by atoms with Crippen LogP contribution in [0.4, 0.5) is 0 Å². The van der Waals surface area contributed by atoms with Crippen molar-refractivity contribution in [3.05, 3.63) is 53.7 Å². The molecule has 2 heterocycles. The molecular weight excluding hydrogens is 344 g/mol. The van der Waals surface area contributed by atoms with E-state index >= 15 is 0 Å². The zero-order chi connectivity index (χ0) is 17.9. The number of ether oxygens (including phenoxy) is 1. The van der Waals surface area contributed by atoms with Crippen LogP contribution in [0.5, 0.6) is 5.75 Å². The minimum Gasteiger partial charge on any atom is -0.496 e. The molecule has 3 atom stereocenters. The lowest BCUT2D eigenvalue weighted by molar-refractivity contribution is -0.199. The molecule has 0 amide bonds. The lowest BCUT2D eigenvalue weighted by Crippen LogP contribution is -2.52. The quantitative estimate of drug-likeness (QED) is 0.747. The van der Waals surface area contributed by atoms with E-state index in [-0.39, 0.29) is 0 Å². The van der Waals surface area contributed by atoms with Crippen molar-refractivity contribution in [1.82, 2.24) is 10.0 Å². The SMILES string of the molecule is COc1cccc2c1C[C@@H]1C[C@H](CSc3ccccn3)CN(OC)[C@H]1C2. The fourth-order valence-electron chi connectivity index (χ4n) is 4.45. The van der Waals surface area contributed by atoms with Gasteiger partial charge < -0.3 is 9.57 Å². The Hall–Kier alpha value is -1.56. The normalized spacial score (nSPS) is 25.4. The summed E-state index contributed by atoms with van der Waals surface area (Å²) in [5, 5.41) is 3.33. The second-order valence-electron chi connectivity index (χ2n) is 7.20. The summed E-state index contributed by atoms with van der Waals surface area (Å²) in [6.07, 6.45) is 5.23. The van der Waals surface area contributed by atoms with Crippen molar-refractivity contribution < 1.29 is 9.57 Å². The van der Waals surface area contributed by atoms with Crippen molar-refractivity contribution in [3.8, 4) is 5.75 Å². The van der Waals surface area contributed by atoms with Crippen molar-refractivity contribution in [2.24, 2.45) is 11.8 Å². The number of thioether (sulfide) groups is 1. The van der Waals surface area contributed by atoms with Crippen LogP contribution in [0.2, 0.25) is 0 Å². The molecule has 4 nitrogen and oxygen atoms in total. The summed E-state index contributed by atoms with van der Waals surface area (Å²) in [5.41, 5.74) is 2.80. The molecule has 0 spiro atoms. The van der Waals surface area contributed by atoms with Crippen LogP contribution in [0, 0.1) is 11.8 Å². The maximum absolute atomic E-state index is 5.79. The molecule has 1 aromatic heterocycles. The highest BCUT2D eigenvalue weighted by Crippen LogP contribution is 2.41. The number of benzene rings is 1. The number of hydrogen-bond acceptors (Lipinski definition) is 5. The summed E-state index contributed by atoms with van der Waals surface area (Å²) in [7, 11) is 3.59. The molecular formula is C21H26N2O2S. The zero-order valence-electron chi connectivity index (χ0n) is 15.4. The van der Waals surface area contributed by atoms with E-state index < -0.39 is 0 Å². The van der Waals surface area contributed by atoms with Gasteiger partial charge in [0.05, 0.1) is 19.2 Å².